The highest BCUT2D eigenvalue weighted by atomic mass is 16.5. The Morgan fingerprint density at radius 3 is 2.33 bits per heavy atom. The second kappa shape index (κ2) is 10.7. The number of hydrogen-bond donors (Lipinski definition) is 3. The molecule has 7 heteroatoms. The molecule has 0 aliphatic heterocycles. The summed E-state index contributed by atoms with van der Waals surface area (Å²) < 4.78 is 4.84. The van der Waals surface area contributed by atoms with E-state index in [1.807, 2.05) is 79.0 Å². The number of carbonyl (C=O) groups is 1. The van der Waals surface area contributed by atoms with Crippen molar-refractivity contribution in [2.24, 2.45) is 4.99 Å². The van der Waals surface area contributed by atoms with Gasteiger partial charge in [0.25, 0.3) is 0 Å². The van der Waals surface area contributed by atoms with Crippen LogP contribution in [0.3, 0.4) is 0 Å². The Bertz CT molecular complexity index is 1820. The van der Waals surface area contributed by atoms with Gasteiger partial charge in [0, 0.05) is 40.3 Å². The van der Waals surface area contributed by atoms with Crippen LogP contribution < -0.4 is 0 Å². The van der Waals surface area contributed by atoms with E-state index in [9.17, 15) is 9.90 Å². The van der Waals surface area contributed by atoms with Gasteiger partial charge in [0.2, 0.25) is 0 Å². The topological polar surface area (TPSA) is 103 Å². The van der Waals surface area contributed by atoms with Gasteiger partial charge in [-0.2, -0.15) is 0 Å². The fourth-order valence-corrected chi connectivity index (χ4v) is 4.76. The van der Waals surface area contributed by atoms with E-state index in [1.54, 1.807) is 18.2 Å². The molecule has 2 aromatic heterocycles. The summed E-state index contributed by atoms with van der Waals surface area (Å²) in [5.41, 5.74) is 6.93. The van der Waals surface area contributed by atoms with Crippen LogP contribution in [0.5, 0.6) is 5.88 Å². The lowest BCUT2D eigenvalue weighted by molar-refractivity contribution is 0.0601. The number of rotatable bonds is 7. The molecule has 0 bridgehead atoms. The molecule has 2 heterocycles. The summed E-state index contributed by atoms with van der Waals surface area (Å²) >= 11 is 0. The summed E-state index contributed by atoms with van der Waals surface area (Å²) in [5, 5.41) is 11.7. The molecule has 0 spiro atoms. The van der Waals surface area contributed by atoms with Crippen molar-refractivity contribution in [1.29, 1.82) is 0 Å². The lowest BCUT2D eigenvalue weighted by Gasteiger charge is -2.08. The molecule has 196 valence electrons. The Hall–Kier alpha value is -5.43. The monoisotopic (exact) mass is 526 g/mol. The first kappa shape index (κ1) is 24.9. The van der Waals surface area contributed by atoms with E-state index in [2.05, 4.69) is 27.1 Å². The second-order valence-electron chi connectivity index (χ2n) is 9.39. The second-order valence-corrected chi connectivity index (χ2v) is 9.39. The van der Waals surface area contributed by atoms with Gasteiger partial charge in [0.15, 0.2) is 5.88 Å². The molecule has 6 aromatic rings. The molecule has 0 radical (unpaired) electrons. The minimum atomic E-state index is -0.446. The third kappa shape index (κ3) is 5.00. The molecule has 6 rings (SSSR count). The van der Waals surface area contributed by atoms with Crippen molar-refractivity contribution in [3.05, 3.63) is 137 Å². The minimum absolute atomic E-state index is 0.0298. The van der Waals surface area contributed by atoms with Gasteiger partial charge in [-0.3, -0.25) is 0 Å². The van der Waals surface area contributed by atoms with Crippen LogP contribution in [0.15, 0.2) is 114 Å². The minimum Gasteiger partial charge on any atom is -0.494 e. The first-order chi connectivity index (χ1) is 19.6. The summed E-state index contributed by atoms with van der Waals surface area (Å²) in [6, 6.07) is 32.9. The van der Waals surface area contributed by atoms with E-state index in [0.717, 1.165) is 40.1 Å². The van der Waals surface area contributed by atoms with E-state index in [0.29, 0.717) is 22.4 Å². The quantitative estimate of drug-likeness (QED) is 0.157. The maximum absolute atomic E-state index is 12.0. The van der Waals surface area contributed by atoms with Crippen molar-refractivity contribution < 1.29 is 14.6 Å². The predicted octanol–water partition coefficient (Wildman–Crippen LogP) is 6.81. The number of ether oxygens (including phenoxy) is 1. The number of methoxy groups -OCH3 is 1. The van der Waals surface area contributed by atoms with Gasteiger partial charge >= 0.3 is 5.97 Å². The molecule has 7 nitrogen and oxygen atoms in total. The Kier molecular flexibility index (Phi) is 6.68. The maximum atomic E-state index is 12.0. The number of fused-ring (bicyclic) bond motifs is 1. The number of esters is 1. The third-order valence-electron chi connectivity index (χ3n) is 6.73. The normalized spacial score (nSPS) is 11.6. The van der Waals surface area contributed by atoms with Crippen LogP contribution >= 0.6 is 0 Å². The standard InChI is InChI=1S/C33H26N4O3/c1-40-33(39)24-14-17-27-28(19-24)37-32(38)29(27)30(22-10-6-3-7-11-22)35-25-15-12-23(13-16-25)31-34-20-26(36-31)18-21-8-4-2-5-9-21/h2-17,19-20,37-38H,18H2,1H3,(H,34,36). The number of aromatic amines is 2. The number of nitrogens with zero attached hydrogens (tertiary/aromatic N) is 2. The zero-order valence-electron chi connectivity index (χ0n) is 21.8. The van der Waals surface area contributed by atoms with E-state index in [1.165, 1.54) is 12.7 Å². The first-order valence-corrected chi connectivity index (χ1v) is 12.8. The highest BCUT2D eigenvalue weighted by Gasteiger charge is 2.20. The number of benzene rings is 4. The first-order valence-electron chi connectivity index (χ1n) is 12.8. The summed E-state index contributed by atoms with van der Waals surface area (Å²) in [5.74, 6) is 0.316. The molecule has 0 aliphatic carbocycles. The van der Waals surface area contributed by atoms with Crippen molar-refractivity contribution in [1.82, 2.24) is 15.0 Å². The molecular formula is C33H26N4O3. The van der Waals surface area contributed by atoms with Crippen molar-refractivity contribution >= 4 is 28.3 Å². The van der Waals surface area contributed by atoms with Crippen LogP contribution in [0, 0.1) is 0 Å². The van der Waals surface area contributed by atoms with Gasteiger partial charge in [-0.05, 0) is 42.0 Å². The van der Waals surface area contributed by atoms with Gasteiger partial charge < -0.3 is 19.8 Å². The third-order valence-corrected chi connectivity index (χ3v) is 6.73. The number of carbonyl (C=O) groups excluding carboxylic acids is 1. The Morgan fingerprint density at radius 1 is 0.875 bits per heavy atom. The van der Waals surface area contributed by atoms with Crippen molar-refractivity contribution in [3.63, 3.8) is 0 Å². The van der Waals surface area contributed by atoms with Crippen LogP contribution in [0.4, 0.5) is 5.69 Å². The molecule has 40 heavy (non-hydrogen) atoms. The highest BCUT2D eigenvalue weighted by Crippen LogP contribution is 2.32. The average Bonchev–Trinajstić information content (AvgIpc) is 3.60. The zero-order valence-corrected chi connectivity index (χ0v) is 21.8. The summed E-state index contributed by atoms with van der Waals surface area (Å²) in [7, 11) is 1.34. The number of imidazole rings is 1. The Morgan fingerprint density at radius 2 is 1.60 bits per heavy atom. The molecule has 0 fully saturated rings. The molecule has 0 aliphatic rings. The largest absolute Gasteiger partial charge is 0.494 e. The molecular weight excluding hydrogens is 500 g/mol. The molecule has 0 amide bonds. The van der Waals surface area contributed by atoms with Crippen LogP contribution in [0.25, 0.3) is 22.3 Å². The molecule has 4 aromatic carbocycles. The molecule has 0 saturated heterocycles. The van der Waals surface area contributed by atoms with Gasteiger partial charge in [0.05, 0.1) is 29.6 Å². The van der Waals surface area contributed by atoms with E-state index in [-0.39, 0.29) is 5.88 Å². The highest BCUT2D eigenvalue weighted by molar-refractivity contribution is 6.22. The number of aromatic nitrogens is 3. The smallest absolute Gasteiger partial charge is 0.337 e. The zero-order chi connectivity index (χ0) is 27.5. The van der Waals surface area contributed by atoms with E-state index < -0.39 is 5.97 Å². The summed E-state index contributed by atoms with van der Waals surface area (Å²) in [6.07, 6.45) is 2.65. The lowest BCUT2D eigenvalue weighted by atomic mass is 10.00. The Labute approximate surface area is 230 Å². The SMILES string of the molecule is COC(=O)c1ccc2c(C(=Nc3ccc(-c4ncc(Cc5ccccc5)[nH]4)cc3)c3ccccc3)c(O)[nH]c2c1. The molecule has 0 saturated carbocycles. The maximum Gasteiger partial charge on any atom is 0.337 e. The number of hydrogen-bond acceptors (Lipinski definition) is 5. The van der Waals surface area contributed by atoms with Gasteiger partial charge in [0.1, 0.15) is 5.82 Å². The van der Waals surface area contributed by atoms with Crippen molar-refractivity contribution in [2.75, 3.05) is 7.11 Å². The summed E-state index contributed by atoms with van der Waals surface area (Å²) in [4.78, 5) is 28.0. The molecule has 0 unspecified atom stereocenters. The van der Waals surface area contributed by atoms with Crippen LogP contribution in [-0.4, -0.2) is 38.8 Å². The molecule has 3 N–H and O–H groups in total. The van der Waals surface area contributed by atoms with E-state index >= 15 is 0 Å². The fourth-order valence-electron chi connectivity index (χ4n) is 4.76. The fraction of sp³-hybridized carbons (Fsp3) is 0.0606. The number of nitrogens with one attached hydrogen (secondary N) is 2. The van der Waals surface area contributed by atoms with Crippen LogP contribution in [0.1, 0.15) is 32.7 Å². The average molecular weight is 527 g/mol. The van der Waals surface area contributed by atoms with Crippen molar-refractivity contribution in [2.45, 2.75) is 6.42 Å². The number of aliphatic imine (C=N–C) groups is 1. The Balaban J connectivity index is 1.35. The summed E-state index contributed by atoms with van der Waals surface area (Å²) in [6.45, 7) is 0. The van der Waals surface area contributed by atoms with Crippen LogP contribution in [-0.2, 0) is 11.2 Å². The van der Waals surface area contributed by atoms with Gasteiger partial charge in [-0.1, -0.05) is 66.7 Å². The number of H-pyrrole nitrogens is 2. The molecule has 0 atom stereocenters. The lowest BCUT2D eigenvalue weighted by Crippen LogP contribution is -2.03. The van der Waals surface area contributed by atoms with Crippen LogP contribution in [0.2, 0.25) is 0 Å². The number of aromatic hydroxyl groups is 1. The predicted molar refractivity (Wildman–Crippen MR) is 156 cm³/mol. The van der Waals surface area contributed by atoms with Gasteiger partial charge in [-0.25, -0.2) is 14.8 Å². The van der Waals surface area contributed by atoms with E-state index in [4.69, 9.17) is 9.73 Å². The van der Waals surface area contributed by atoms with Crippen molar-refractivity contribution in [3.8, 4) is 17.3 Å². The van der Waals surface area contributed by atoms with Gasteiger partial charge in [-0.15, -0.1) is 0 Å².